The first kappa shape index (κ1) is 19.0. The minimum atomic E-state index is -0.979. The Morgan fingerprint density at radius 1 is 0.920 bits per heavy atom. The predicted octanol–water partition coefficient (Wildman–Crippen LogP) is 6.60. The van der Waals surface area contributed by atoms with Crippen molar-refractivity contribution in [1.82, 2.24) is 0 Å². The van der Waals surface area contributed by atoms with Gasteiger partial charge in [0.15, 0.2) is 5.78 Å². The fraction of sp³-hybridized carbons (Fsp3) is 0.696. The average molecular weight is 361 g/mol. The van der Waals surface area contributed by atoms with Crippen LogP contribution in [0.5, 0.6) is 0 Å². The van der Waals surface area contributed by atoms with E-state index in [2.05, 4.69) is 20.1 Å². The third kappa shape index (κ3) is 3.84. The molecule has 2 unspecified atom stereocenters. The van der Waals surface area contributed by atoms with Gasteiger partial charge in [-0.05, 0) is 48.4 Å². The van der Waals surface area contributed by atoms with E-state index in [0.717, 1.165) is 10.8 Å². The highest BCUT2D eigenvalue weighted by atomic mass is 32.3. The van der Waals surface area contributed by atoms with Crippen LogP contribution < -0.4 is 0 Å². The molecule has 0 N–H and O–H groups in total. The van der Waals surface area contributed by atoms with Crippen molar-refractivity contribution < 1.29 is 4.79 Å². The molecule has 1 aromatic rings. The Bertz CT molecular complexity index is 555. The molecule has 1 aromatic carbocycles. The number of hydrogen-bond donors (Lipinski definition) is 0. The van der Waals surface area contributed by atoms with Crippen LogP contribution in [-0.2, 0) is 0 Å². The van der Waals surface area contributed by atoms with E-state index in [1.807, 2.05) is 30.3 Å². The van der Waals surface area contributed by atoms with Gasteiger partial charge in [-0.15, -0.1) is 0 Å². The molecule has 2 heteroatoms. The first-order valence-electron chi connectivity index (χ1n) is 10.4. The molecule has 0 radical (unpaired) electrons. The Kier molecular flexibility index (Phi) is 6.30. The van der Waals surface area contributed by atoms with Crippen LogP contribution in [0, 0.1) is 5.92 Å². The summed E-state index contributed by atoms with van der Waals surface area (Å²) in [6.07, 6.45) is 14.6. The summed E-state index contributed by atoms with van der Waals surface area (Å²) in [7, 11) is -0.979. The number of Topliss-reactive ketones (excluding diaryl/α,β-unsaturated/α-hetero) is 1. The topological polar surface area (TPSA) is 17.1 Å². The minimum absolute atomic E-state index is 0.278. The first-order valence-corrected chi connectivity index (χ1v) is 12.6. The van der Waals surface area contributed by atoms with Crippen LogP contribution in [0.1, 0.15) is 82.0 Å². The lowest BCUT2D eigenvalue weighted by molar-refractivity contribution is 0.0968. The largest absolute Gasteiger partial charge is 0.293 e. The highest BCUT2D eigenvalue weighted by Gasteiger charge is 2.46. The van der Waals surface area contributed by atoms with Crippen LogP contribution in [0.2, 0.25) is 0 Å². The molecular formula is C23H36OS. The van der Waals surface area contributed by atoms with Gasteiger partial charge in [-0.1, -0.05) is 76.3 Å². The zero-order valence-corrected chi connectivity index (χ0v) is 17.2. The number of carbonyl (C=O) groups is 1. The summed E-state index contributed by atoms with van der Waals surface area (Å²) < 4.78 is 0. The number of rotatable bonds is 6. The molecule has 0 aliphatic heterocycles. The summed E-state index contributed by atoms with van der Waals surface area (Å²) in [5, 5.41) is 1.70. The van der Waals surface area contributed by atoms with Gasteiger partial charge in [0, 0.05) is 5.56 Å². The van der Waals surface area contributed by atoms with Gasteiger partial charge in [0.2, 0.25) is 0 Å². The van der Waals surface area contributed by atoms with Crippen LogP contribution in [0.4, 0.5) is 0 Å². The summed E-state index contributed by atoms with van der Waals surface area (Å²) in [6, 6.07) is 10.2. The summed E-state index contributed by atoms with van der Waals surface area (Å²) in [4.78, 5) is 13.7. The highest BCUT2D eigenvalue weighted by Crippen LogP contribution is 2.64. The number of benzene rings is 1. The van der Waals surface area contributed by atoms with E-state index in [1.54, 1.807) is 0 Å². The van der Waals surface area contributed by atoms with Gasteiger partial charge in [0.1, 0.15) is 0 Å². The lowest BCUT2D eigenvalue weighted by Crippen LogP contribution is -2.43. The van der Waals surface area contributed by atoms with Crippen LogP contribution >= 0.6 is 10.0 Å². The Labute approximate surface area is 156 Å². The van der Waals surface area contributed by atoms with Gasteiger partial charge in [-0.3, -0.25) is 4.79 Å². The zero-order chi connectivity index (χ0) is 17.9. The van der Waals surface area contributed by atoms with E-state index in [9.17, 15) is 4.79 Å². The fourth-order valence-electron chi connectivity index (χ4n) is 5.34. The molecule has 0 saturated heterocycles. The summed E-state index contributed by atoms with van der Waals surface area (Å²) in [5.74, 6) is 1.08. The van der Waals surface area contributed by atoms with Crippen LogP contribution in [0.15, 0.2) is 30.3 Å². The van der Waals surface area contributed by atoms with Gasteiger partial charge in [0.05, 0.1) is 5.25 Å². The maximum atomic E-state index is 13.7. The van der Waals surface area contributed by atoms with Gasteiger partial charge < -0.3 is 0 Å². The third-order valence-electron chi connectivity index (χ3n) is 6.98. The molecule has 2 aliphatic rings. The van der Waals surface area contributed by atoms with E-state index < -0.39 is 10.0 Å². The number of ketones is 1. The molecular weight excluding hydrogens is 324 g/mol. The highest BCUT2D eigenvalue weighted by molar-refractivity contribution is 8.35. The molecule has 0 spiro atoms. The van der Waals surface area contributed by atoms with Gasteiger partial charge in [-0.2, -0.15) is 0 Å². The van der Waals surface area contributed by atoms with Gasteiger partial charge >= 0.3 is 0 Å². The Morgan fingerprint density at radius 3 is 2.04 bits per heavy atom. The molecule has 2 atom stereocenters. The maximum absolute atomic E-state index is 13.7. The van der Waals surface area contributed by atoms with Crippen molar-refractivity contribution in [2.24, 2.45) is 5.92 Å². The standard InChI is InChI=1S/C23H36OS/c1-18(2)25(3,21-16-8-5-9-17-21)23(20-14-10-11-15-20)22(24)19-12-6-4-7-13-19/h4,6-7,12-13,18,20-21,23H,5,8-11,14-17H2,1-3H3. The first-order chi connectivity index (χ1) is 12.0. The zero-order valence-electron chi connectivity index (χ0n) is 16.4. The van der Waals surface area contributed by atoms with E-state index in [1.165, 1.54) is 57.8 Å². The third-order valence-corrected chi connectivity index (χ3v) is 12.6. The molecule has 25 heavy (non-hydrogen) atoms. The van der Waals surface area contributed by atoms with Crippen LogP contribution in [0.3, 0.4) is 0 Å². The lowest BCUT2D eigenvalue weighted by atomic mass is 9.96. The monoisotopic (exact) mass is 360 g/mol. The summed E-state index contributed by atoms with van der Waals surface area (Å²) >= 11 is 0. The molecule has 2 aliphatic carbocycles. The average Bonchev–Trinajstić information content (AvgIpc) is 3.17. The predicted molar refractivity (Wildman–Crippen MR) is 112 cm³/mol. The van der Waals surface area contributed by atoms with Crippen molar-refractivity contribution in [3.8, 4) is 0 Å². The number of hydrogen-bond acceptors (Lipinski definition) is 1. The van der Waals surface area contributed by atoms with Crippen molar-refractivity contribution in [2.45, 2.75) is 87.4 Å². The van der Waals surface area contributed by atoms with E-state index >= 15 is 0 Å². The fourth-order valence-corrected chi connectivity index (χ4v) is 10.2. The smallest absolute Gasteiger partial charge is 0.174 e. The second-order valence-corrected chi connectivity index (χ2v) is 13.0. The molecule has 0 amide bonds. The molecule has 2 saturated carbocycles. The summed E-state index contributed by atoms with van der Waals surface area (Å²) in [5.41, 5.74) is 0.953. The molecule has 0 bridgehead atoms. The molecule has 1 nitrogen and oxygen atoms in total. The second kappa shape index (κ2) is 8.29. The van der Waals surface area contributed by atoms with Crippen molar-refractivity contribution in [1.29, 1.82) is 0 Å². The van der Waals surface area contributed by atoms with E-state index in [0.29, 0.717) is 17.0 Å². The molecule has 0 heterocycles. The van der Waals surface area contributed by atoms with Crippen molar-refractivity contribution in [3.05, 3.63) is 35.9 Å². The van der Waals surface area contributed by atoms with E-state index in [4.69, 9.17) is 0 Å². The van der Waals surface area contributed by atoms with Gasteiger partial charge in [-0.25, -0.2) is 10.0 Å². The van der Waals surface area contributed by atoms with Crippen LogP contribution in [-0.4, -0.2) is 27.8 Å². The SMILES string of the molecule is CC(C)S(C)(C1CCCCC1)C(C(=O)c1ccccc1)C1CCCC1. The van der Waals surface area contributed by atoms with E-state index in [-0.39, 0.29) is 5.25 Å². The van der Waals surface area contributed by atoms with Crippen molar-refractivity contribution in [3.63, 3.8) is 0 Å². The Morgan fingerprint density at radius 2 is 1.48 bits per heavy atom. The lowest BCUT2D eigenvalue weighted by Gasteiger charge is -2.55. The second-order valence-electron chi connectivity index (χ2n) is 8.62. The van der Waals surface area contributed by atoms with Crippen molar-refractivity contribution >= 4 is 15.8 Å². The Balaban J connectivity index is 1.99. The quantitative estimate of drug-likeness (QED) is 0.522. The molecule has 0 aromatic heterocycles. The Hall–Kier alpha value is -0.760. The normalized spacial score (nSPS) is 24.8. The van der Waals surface area contributed by atoms with Crippen LogP contribution in [0.25, 0.3) is 0 Å². The maximum Gasteiger partial charge on any atom is 0.174 e. The molecule has 140 valence electrons. The van der Waals surface area contributed by atoms with Gasteiger partial charge in [0.25, 0.3) is 0 Å². The molecule has 2 fully saturated rings. The number of carbonyl (C=O) groups excluding carboxylic acids is 1. The minimum Gasteiger partial charge on any atom is -0.293 e. The van der Waals surface area contributed by atoms with Crippen molar-refractivity contribution in [2.75, 3.05) is 6.26 Å². The molecule has 3 rings (SSSR count). The summed E-state index contributed by atoms with van der Waals surface area (Å²) in [6.45, 7) is 4.81.